The fourth-order valence-electron chi connectivity index (χ4n) is 1.92. The second kappa shape index (κ2) is 4.77. The summed E-state index contributed by atoms with van der Waals surface area (Å²) in [5.41, 5.74) is 0.393. The van der Waals surface area contributed by atoms with E-state index in [1.54, 1.807) is 0 Å². The molecule has 1 aliphatic heterocycles. The Bertz CT molecular complexity index is 578. The van der Waals surface area contributed by atoms with Crippen LogP contribution in [0.3, 0.4) is 0 Å². The Balaban J connectivity index is 1.87. The van der Waals surface area contributed by atoms with Crippen LogP contribution >= 0.6 is 0 Å². The van der Waals surface area contributed by atoms with Crippen molar-refractivity contribution in [1.29, 1.82) is 0 Å². The summed E-state index contributed by atoms with van der Waals surface area (Å²) in [5.74, 6) is 0.580. The number of benzene rings is 1. The maximum Gasteiger partial charge on any atom is 0.266 e. The van der Waals surface area contributed by atoms with Gasteiger partial charge in [-0.15, -0.1) is 0 Å². The van der Waals surface area contributed by atoms with Crippen molar-refractivity contribution >= 4 is 5.95 Å². The Kier molecular flexibility index (Phi) is 2.96. The monoisotopic (exact) mass is 263 g/mol. The van der Waals surface area contributed by atoms with Crippen LogP contribution in [0, 0.1) is 0 Å². The van der Waals surface area contributed by atoms with E-state index in [0.29, 0.717) is 37.8 Å². The van der Waals surface area contributed by atoms with Gasteiger partial charge in [-0.25, -0.2) is 0 Å². The van der Waals surface area contributed by atoms with Crippen LogP contribution in [-0.2, 0) is 4.74 Å². The zero-order chi connectivity index (χ0) is 13.2. The topological polar surface area (TPSA) is 91.9 Å². The van der Waals surface area contributed by atoms with Crippen LogP contribution in [0.1, 0.15) is 0 Å². The number of rotatable bonds is 2. The lowest BCUT2D eigenvalue weighted by Gasteiger charge is -2.24. The number of ether oxygens (including phenoxy) is 1. The average molecular weight is 263 g/mol. The van der Waals surface area contributed by atoms with E-state index in [2.05, 4.69) is 10.1 Å². The van der Waals surface area contributed by atoms with E-state index in [4.69, 9.17) is 9.26 Å². The first-order chi connectivity index (χ1) is 9.24. The Morgan fingerprint density at radius 3 is 2.68 bits per heavy atom. The minimum absolute atomic E-state index is 0.0193. The number of phenols is 2. The predicted octanol–water partition coefficient (Wildman–Crippen LogP) is 0.984. The van der Waals surface area contributed by atoms with Crippen LogP contribution in [0.4, 0.5) is 5.95 Å². The third-order valence-corrected chi connectivity index (χ3v) is 2.92. The molecule has 7 nitrogen and oxygen atoms in total. The van der Waals surface area contributed by atoms with Crippen LogP contribution in [0.5, 0.6) is 11.5 Å². The van der Waals surface area contributed by atoms with Crippen molar-refractivity contribution < 1.29 is 19.5 Å². The Hall–Kier alpha value is -2.28. The third kappa shape index (κ3) is 2.32. The van der Waals surface area contributed by atoms with E-state index in [0.717, 1.165) is 0 Å². The van der Waals surface area contributed by atoms with Gasteiger partial charge in [0.2, 0.25) is 0 Å². The zero-order valence-electron chi connectivity index (χ0n) is 10.1. The van der Waals surface area contributed by atoms with E-state index >= 15 is 0 Å². The first-order valence-corrected chi connectivity index (χ1v) is 5.93. The molecule has 2 heterocycles. The summed E-state index contributed by atoms with van der Waals surface area (Å²) in [6, 6.07) is 4.21. The molecule has 3 rings (SSSR count). The molecule has 2 N–H and O–H groups in total. The van der Waals surface area contributed by atoms with E-state index in [1.807, 2.05) is 4.90 Å². The molecule has 2 aromatic rings. The molecule has 7 heteroatoms. The van der Waals surface area contributed by atoms with E-state index in [1.165, 1.54) is 18.2 Å². The van der Waals surface area contributed by atoms with E-state index < -0.39 is 0 Å². The molecule has 0 bridgehead atoms. The summed E-state index contributed by atoms with van der Waals surface area (Å²) in [5, 5.41) is 22.9. The van der Waals surface area contributed by atoms with Crippen molar-refractivity contribution in [2.75, 3.05) is 31.2 Å². The van der Waals surface area contributed by atoms with Crippen LogP contribution in [0.25, 0.3) is 11.5 Å². The van der Waals surface area contributed by atoms with Gasteiger partial charge in [0.1, 0.15) is 11.5 Å². The SMILES string of the molecule is Oc1ccc(-c2nc(N3CCOCC3)no2)c(O)c1. The summed E-state index contributed by atoms with van der Waals surface area (Å²) < 4.78 is 10.4. The average Bonchev–Trinajstić information content (AvgIpc) is 2.89. The lowest BCUT2D eigenvalue weighted by molar-refractivity contribution is 0.121. The van der Waals surface area contributed by atoms with Gasteiger partial charge >= 0.3 is 0 Å². The maximum atomic E-state index is 9.74. The van der Waals surface area contributed by atoms with Crippen molar-refractivity contribution in [3.05, 3.63) is 18.2 Å². The highest BCUT2D eigenvalue weighted by molar-refractivity contribution is 5.64. The molecule has 0 saturated carbocycles. The lowest BCUT2D eigenvalue weighted by atomic mass is 10.2. The molecule has 1 saturated heterocycles. The van der Waals surface area contributed by atoms with Crippen molar-refractivity contribution in [2.24, 2.45) is 0 Å². The number of hydrogen-bond acceptors (Lipinski definition) is 7. The fraction of sp³-hybridized carbons (Fsp3) is 0.333. The third-order valence-electron chi connectivity index (χ3n) is 2.92. The van der Waals surface area contributed by atoms with Crippen LogP contribution in [0.2, 0.25) is 0 Å². The minimum Gasteiger partial charge on any atom is -0.508 e. The molecule has 0 spiro atoms. The Morgan fingerprint density at radius 1 is 1.16 bits per heavy atom. The number of aromatic hydroxyl groups is 2. The van der Waals surface area contributed by atoms with E-state index in [-0.39, 0.29) is 17.4 Å². The molecule has 0 radical (unpaired) electrons. The molecular weight excluding hydrogens is 250 g/mol. The second-order valence-electron chi connectivity index (χ2n) is 4.20. The Morgan fingerprint density at radius 2 is 1.95 bits per heavy atom. The molecule has 100 valence electrons. The summed E-state index contributed by atoms with van der Waals surface area (Å²) in [6.07, 6.45) is 0. The van der Waals surface area contributed by atoms with Crippen molar-refractivity contribution in [2.45, 2.75) is 0 Å². The number of phenolic OH excluding ortho intramolecular Hbond substituents is 2. The summed E-state index contributed by atoms with van der Waals surface area (Å²) >= 11 is 0. The number of morpholine rings is 1. The van der Waals surface area contributed by atoms with E-state index in [9.17, 15) is 10.2 Å². The molecule has 0 aliphatic carbocycles. The standard InChI is InChI=1S/C12H13N3O4/c16-8-1-2-9(10(17)7-8)11-13-12(14-19-11)15-3-5-18-6-4-15/h1-2,7,16-17H,3-6H2. The quantitative estimate of drug-likeness (QED) is 0.834. The largest absolute Gasteiger partial charge is 0.508 e. The van der Waals surface area contributed by atoms with Crippen molar-refractivity contribution in [1.82, 2.24) is 10.1 Å². The van der Waals surface area contributed by atoms with Crippen LogP contribution < -0.4 is 4.90 Å². The maximum absolute atomic E-state index is 9.74. The molecule has 0 atom stereocenters. The highest BCUT2D eigenvalue weighted by Crippen LogP contribution is 2.31. The van der Waals surface area contributed by atoms with Gasteiger partial charge in [-0.3, -0.25) is 0 Å². The summed E-state index contributed by atoms with van der Waals surface area (Å²) in [7, 11) is 0. The number of anilines is 1. The first-order valence-electron chi connectivity index (χ1n) is 5.93. The number of nitrogens with zero attached hydrogens (tertiary/aromatic N) is 3. The molecule has 0 unspecified atom stereocenters. The van der Waals surface area contributed by atoms with Gasteiger partial charge in [0.15, 0.2) is 0 Å². The highest BCUT2D eigenvalue weighted by Gasteiger charge is 2.19. The first kappa shape index (κ1) is 11.8. The smallest absolute Gasteiger partial charge is 0.266 e. The van der Waals surface area contributed by atoms with Crippen LogP contribution in [0.15, 0.2) is 22.7 Å². The van der Waals surface area contributed by atoms with Gasteiger partial charge in [0.05, 0.1) is 18.8 Å². The molecule has 1 aliphatic rings. The van der Waals surface area contributed by atoms with Gasteiger partial charge in [0.25, 0.3) is 11.8 Å². The minimum atomic E-state index is -0.0998. The zero-order valence-corrected chi connectivity index (χ0v) is 10.1. The lowest BCUT2D eigenvalue weighted by Crippen LogP contribution is -2.36. The summed E-state index contributed by atoms with van der Waals surface area (Å²) in [4.78, 5) is 6.20. The number of aromatic nitrogens is 2. The van der Waals surface area contributed by atoms with Gasteiger partial charge < -0.3 is 24.4 Å². The molecular formula is C12H13N3O4. The molecule has 1 aromatic carbocycles. The van der Waals surface area contributed by atoms with Gasteiger partial charge in [-0.1, -0.05) is 0 Å². The molecule has 19 heavy (non-hydrogen) atoms. The summed E-state index contributed by atoms with van der Waals surface area (Å²) in [6.45, 7) is 2.68. The number of hydrogen-bond donors (Lipinski definition) is 2. The van der Waals surface area contributed by atoms with Gasteiger partial charge in [0, 0.05) is 19.2 Å². The van der Waals surface area contributed by atoms with Gasteiger partial charge in [-0.2, -0.15) is 4.98 Å². The molecule has 1 aromatic heterocycles. The Labute approximate surface area is 109 Å². The van der Waals surface area contributed by atoms with Crippen molar-refractivity contribution in [3.8, 4) is 23.0 Å². The molecule has 0 amide bonds. The highest BCUT2D eigenvalue weighted by atomic mass is 16.5. The van der Waals surface area contributed by atoms with Crippen LogP contribution in [-0.4, -0.2) is 46.7 Å². The molecule has 1 fully saturated rings. The fourth-order valence-corrected chi connectivity index (χ4v) is 1.92. The van der Waals surface area contributed by atoms with Gasteiger partial charge in [-0.05, 0) is 17.3 Å². The van der Waals surface area contributed by atoms with Crippen molar-refractivity contribution in [3.63, 3.8) is 0 Å². The normalized spacial score (nSPS) is 15.7. The predicted molar refractivity (Wildman–Crippen MR) is 66.1 cm³/mol. The second-order valence-corrected chi connectivity index (χ2v) is 4.20.